The number of aromatic nitrogens is 16. The van der Waals surface area contributed by atoms with Crippen LogP contribution in [-0.2, 0) is 35.2 Å². The van der Waals surface area contributed by atoms with E-state index in [-0.39, 0.29) is 45.5 Å². The van der Waals surface area contributed by atoms with Crippen LogP contribution in [0.4, 0.5) is 11.6 Å². The van der Waals surface area contributed by atoms with Gasteiger partial charge in [0.15, 0.2) is 22.9 Å². The predicted octanol–water partition coefficient (Wildman–Crippen LogP) is 4.89. The Morgan fingerprint density at radius 2 is 0.989 bits per heavy atom. The molecule has 0 radical (unpaired) electrons. The molecule has 12 rings (SSSR count). The predicted molar refractivity (Wildman–Crippen MR) is 330 cm³/mol. The number of rotatable bonds is 7. The number of carbonyl (C=O) groups excluding carboxylic acids is 2. The first-order valence-electron chi connectivity index (χ1n) is 26.4. The van der Waals surface area contributed by atoms with E-state index in [1.807, 2.05) is 14.1 Å². The van der Waals surface area contributed by atoms with Crippen molar-refractivity contribution in [2.45, 2.75) is 38.9 Å². The number of aryl methyl sites for hydroxylation is 2. The monoisotopic (exact) mass is 1210 g/mol. The Labute approximate surface area is 504 Å². The molecule has 0 aliphatic rings. The van der Waals surface area contributed by atoms with E-state index in [9.17, 15) is 24.0 Å². The molecule has 87 heavy (non-hydrogen) atoms. The zero-order valence-electron chi connectivity index (χ0n) is 48.0. The number of amides is 2. The summed E-state index contributed by atoms with van der Waals surface area (Å²) in [6.07, 6.45) is 18.4. The third-order valence-corrected chi connectivity index (χ3v) is 14.0. The lowest BCUT2D eigenvalue weighted by Crippen LogP contribution is -2.33. The van der Waals surface area contributed by atoms with Gasteiger partial charge >= 0.3 is 0 Å². The Hall–Kier alpha value is -11.1. The van der Waals surface area contributed by atoms with Gasteiger partial charge in [0.1, 0.15) is 28.6 Å². The molecule has 2 amide bonds. The van der Waals surface area contributed by atoms with E-state index in [1.54, 1.807) is 168 Å². The van der Waals surface area contributed by atoms with E-state index in [0.717, 1.165) is 11.1 Å². The Morgan fingerprint density at radius 1 is 0.575 bits per heavy atom. The summed E-state index contributed by atoms with van der Waals surface area (Å²) < 4.78 is 10.4. The molecule has 8 N–H and O–H groups in total. The fourth-order valence-corrected chi connectivity index (χ4v) is 9.72. The average molecular weight is 1210 g/mol. The lowest BCUT2D eigenvalue weighted by atomic mass is 10.1. The number of nitrogens with zero attached hydrogens (tertiary/aromatic N) is 16. The number of anilines is 2. The molecular weight excluding hydrogens is 1150 g/mol. The maximum absolute atomic E-state index is 13.3. The minimum absolute atomic E-state index is 0.0607. The third kappa shape index (κ3) is 12.6. The zero-order valence-corrected chi connectivity index (χ0v) is 49.5. The molecule has 3 atom stereocenters. The van der Waals surface area contributed by atoms with Gasteiger partial charge in [-0.2, -0.15) is 10.2 Å². The van der Waals surface area contributed by atoms with Gasteiger partial charge in [-0.1, -0.05) is 59.2 Å². The van der Waals surface area contributed by atoms with Crippen molar-refractivity contribution in [2.24, 2.45) is 41.0 Å². The highest BCUT2D eigenvalue weighted by molar-refractivity contribution is 6.35. The van der Waals surface area contributed by atoms with E-state index >= 15 is 0 Å². The first-order chi connectivity index (χ1) is 41.6. The largest absolute Gasteiger partial charge is 0.381 e. The lowest BCUT2D eigenvalue weighted by molar-refractivity contribution is 0.0931. The SMILES string of the molecule is C#Cc1cnn(C)c1.C[C@H](N)c1nc2cccc(Cl)c2c(=O)n1C.C[C@H](NC(=O)c1c(N)nn2cccnc12)c1nc2cccc(C#Cc3cnn(C)c3)c2c(=O)n1C.C[C@H](NC(=O)c1c(N)nn2cccnc12)c1nc2cccc(Cl)c2c(=O)n1C. The van der Waals surface area contributed by atoms with Gasteiger partial charge < -0.3 is 27.8 Å². The van der Waals surface area contributed by atoms with Crippen molar-refractivity contribution in [1.29, 1.82) is 0 Å². The molecule has 3 aromatic carbocycles. The van der Waals surface area contributed by atoms with Crippen molar-refractivity contribution in [2.75, 3.05) is 11.5 Å². The van der Waals surface area contributed by atoms with Crippen LogP contribution in [0.1, 0.15) is 93.8 Å². The maximum atomic E-state index is 13.3. The summed E-state index contributed by atoms with van der Waals surface area (Å²) in [5, 5.41) is 23.8. The van der Waals surface area contributed by atoms with E-state index in [4.69, 9.17) is 46.8 Å². The number of nitrogens with one attached hydrogen (secondary N) is 2. The Kier molecular flexibility index (Phi) is 17.7. The molecule has 26 nitrogen and oxygen atoms in total. The zero-order chi connectivity index (χ0) is 62.5. The van der Waals surface area contributed by atoms with E-state index < -0.39 is 23.9 Å². The summed E-state index contributed by atoms with van der Waals surface area (Å²) in [6.45, 7) is 5.26. The molecular formula is C59H55Cl2N21O5. The third-order valence-electron chi connectivity index (χ3n) is 13.4. The van der Waals surface area contributed by atoms with E-state index in [0.29, 0.717) is 77.1 Å². The second-order valence-electron chi connectivity index (χ2n) is 19.6. The molecule has 9 aromatic heterocycles. The number of nitrogens with two attached hydrogens (primary N) is 3. The summed E-state index contributed by atoms with van der Waals surface area (Å²) in [5.74, 6) is 9.07. The Balaban J connectivity index is 0.000000154. The van der Waals surface area contributed by atoms with Gasteiger partial charge in [-0.15, -0.1) is 16.6 Å². The van der Waals surface area contributed by atoms with Crippen LogP contribution in [0.3, 0.4) is 0 Å². The highest BCUT2D eigenvalue weighted by atomic mass is 35.5. The number of terminal acetylenes is 1. The van der Waals surface area contributed by atoms with E-state index in [2.05, 4.69) is 73.7 Å². The summed E-state index contributed by atoms with van der Waals surface area (Å²) in [4.78, 5) is 85.8. The topological polar surface area (TPSA) is 337 Å². The van der Waals surface area contributed by atoms with Crippen LogP contribution in [0, 0.1) is 24.2 Å². The lowest BCUT2D eigenvalue weighted by Gasteiger charge is -2.17. The maximum Gasteiger partial charge on any atom is 0.262 e. The Bertz CT molecular complexity index is 4960. The number of halogens is 2. The summed E-state index contributed by atoms with van der Waals surface area (Å²) in [5.41, 5.74) is 21.6. The number of carbonyl (C=O) groups is 2. The average Bonchev–Trinajstić information content (AvgIpc) is 2.11. The van der Waals surface area contributed by atoms with Gasteiger partial charge in [0.25, 0.3) is 28.5 Å². The molecule has 28 heteroatoms. The molecule has 0 bridgehead atoms. The van der Waals surface area contributed by atoms with Crippen molar-refractivity contribution in [3.05, 3.63) is 203 Å². The second-order valence-corrected chi connectivity index (χ2v) is 20.5. The van der Waals surface area contributed by atoms with Gasteiger partial charge in [0.2, 0.25) is 0 Å². The number of hydrogen-bond donors (Lipinski definition) is 5. The second kappa shape index (κ2) is 25.4. The molecule has 0 unspecified atom stereocenters. The van der Waals surface area contributed by atoms with Crippen molar-refractivity contribution in [3.63, 3.8) is 0 Å². The van der Waals surface area contributed by atoms with Crippen LogP contribution < -0.4 is 44.5 Å². The molecule has 0 aliphatic heterocycles. The fourth-order valence-electron chi connectivity index (χ4n) is 9.22. The van der Waals surface area contributed by atoms with Crippen LogP contribution in [-0.4, -0.2) is 89.2 Å². The molecule has 9 heterocycles. The smallest absolute Gasteiger partial charge is 0.262 e. The number of benzene rings is 3. The highest BCUT2D eigenvalue weighted by Gasteiger charge is 2.26. The summed E-state index contributed by atoms with van der Waals surface area (Å²) in [7, 11) is 8.49. The van der Waals surface area contributed by atoms with Crippen molar-refractivity contribution < 1.29 is 9.59 Å². The number of fused-ring (bicyclic) bond motifs is 5. The Morgan fingerprint density at radius 3 is 1.41 bits per heavy atom. The summed E-state index contributed by atoms with van der Waals surface area (Å²) >= 11 is 12.1. The molecule has 440 valence electrons. The first kappa shape index (κ1) is 60.5. The first-order valence-corrected chi connectivity index (χ1v) is 27.1. The van der Waals surface area contributed by atoms with Crippen molar-refractivity contribution >= 4 is 90.7 Å². The van der Waals surface area contributed by atoms with Crippen molar-refractivity contribution in [1.82, 2.24) is 88.0 Å². The number of nitrogen functional groups attached to an aromatic ring is 2. The van der Waals surface area contributed by atoms with Crippen LogP contribution in [0.2, 0.25) is 10.0 Å². The fraction of sp³-hybridized carbons (Fsp3) is 0.186. The van der Waals surface area contributed by atoms with Gasteiger partial charge in [0.05, 0.1) is 84.4 Å². The van der Waals surface area contributed by atoms with Gasteiger partial charge in [-0.05, 0) is 69.3 Å². The normalized spacial score (nSPS) is 11.9. The van der Waals surface area contributed by atoms with Gasteiger partial charge in [-0.3, -0.25) is 47.0 Å². The molecule has 0 fully saturated rings. The minimum Gasteiger partial charge on any atom is -0.381 e. The van der Waals surface area contributed by atoms with Crippen LogP contribution >= 0.6 is 23.2 Å². The molecule has 0 saturated carbocycles. The van der Waals surface area contributed by atoms with Crippen LogP contribution in [0.15, 0.2) is 131 Å². The van der Waals surface area contributed by atoms with E-state index in [1.165, 1.54) is 22.7 Å². The van der Waals surface area contributed by atoms with Gasteiger partial charge in [-0.25, -0.2) is 34.0 Å². The standard InChI is InChI=1S/C24H21N9O2.C18H16ClN7O2.C11H12ClN3O.C6H6N2/c1-14(28-23(34)19-20(25)30-33-11-5-10-26-22(19)33)21-29-17-7-4-6-16(18(17)24(35)32(21)3)9-8-15-12-27-31(2)13-15;1-9(15-23-11-6-3-5-10(19)12(11)18(28)25(15)2)22-17(27)13-14(20)24-26-8-4-7-21-16(13)26;1-6(13)10-14-8-5-3-4-7(12)9(8)11(16)15(10)2;1-3-6-4-7-8(2)5-6/h4-7,10-14H,1-3H3,(H2,25,30)(H,28,34);3-9H,1-2H3,(H2,20,24)(H,22,27);3-6H,13H2,1-2H3;1,4-5H,2H3/t14-;9-;6-;/m000./s1. The minimum atomic E-state index is -0.604. The van der Waals surface area contributed by atoms with Gasteiger partial charge in [0, 0.05) is 78.0 Å². The van der Waals surface area contributed by atoms with Crippen molar-refractivity contribution in [3.8, 4) is 24.2 Å². The van der Waals surface area contributed by atoms with Crippen LogP contribution in [0.25, 0.3) is 44.0 Å². The molecule has 0 aliphatic carbocycles. The molecule has 12 aromatic rings. The highest BCUT2D eigenvalue weighted by Crippen LogP contribution is 2.24. The molecule has 0 spiro atoms. The van der Waals surface area contributed by atoms with Crippen LogP contribution in [0.5, 0.6) is 0 Å². The number of hydrogen-bond acceptors (Lipinski definition) is 17. The summed E-state index contributed by atoms with van der Waals surface area (Å²) in [6, 6.07) is 17.5. The molecule has 0 saturated heterocycles. The quantitative estimate of drug-likeness (QED) is 0.133.